The van der Waals surface area contributed by atoms with Gasteiger partial charge in [-0.25, -0.2) is 4.39 Å². The molecule has 0 bridgehead atoms. The second-order valence-corrected chi connectivity index (χ2v) is 6.13. The molecule has 2 N–H and O–H groups in total. The number of non-ortho nitro benzene ring substituents is 1. The highest BCUT2D eigenvalue weighted by Crippen LogP contribution is 2.27. The molecular formula is C14H19FN2O4. The van der Waals surface area contributed by atoms with Crippen LogP contribution >= 0.6 is 0 Å². The summed E-state index contributed by atoms with van der Waals surface area (Å²) in [5.41, 5.74) is -0.413. The number of hydrogen-bond acceptors (Lipinski definition) is 4. The van der Waals surface area contributed by atoms with Crippen LogP contribution in [0.1, 0.15) is 33.6 Å². The zero-order valence-electron chi connectivity index (χ0n) is 12.2. The lowest BCUT2D eigenvalue weighted by Gasteiger charge is -2.26. The first-order chi connectivity index (χ1) is 9.58. The van der Waals surface area contributed by atoms with Gasteiger partial charge in [0.15, 0.2) is 5.82 Å². The van der Waals surface area contributed by atoms with Crippen molar-refractivity contribution < 1.29 is 19.2 Å². The summed E-state index contributed by atoms with van der Waals surface area (Å²) in [7, 11) is 0. The van der Waals surface area contributed by atoms with Gasteiger partial charge in [0.1, 0.15) is 0 Å². The quantitative estimate of drug-likeness (QED) is 0.620. The summed E-state index contributed by atoms with van der Waals surface area (Å²) in [4.78, 5) is 20.8. The number of carbonyl (C=O) groups is 1. The monoisotopic (exact) mass is 298 g/mol. The molecule has 7 heteroatoms. The minimum absolute atomic E-state index is 0.0658. The normalized spacial score (nSPS) is 12.8. The first-order valence-corrected chi connectivity index (χ1v) is 6.51. The van der Waals surface area contributed by atoms with Gasteiger partial charge in [0.25, 0.3) is 5.69 Å². The number of halogens is 1. The molecule has 0 aliphatic carbocycles. The fraction of sp³-hybridized carbons (Fsp3) is 0.500. The SMILES string of the molecule is CC(C)(C)CC(CC(=O)O)Nc1ccc([N+](=O)[O-])cc1F. The van der Waals surface area contributed by atoms with Gasteiger partial charge < -0.3 is 10.4 Å². The molecule has 0 aromatic heterocycles. The van der Waals surface area contributed by atoms with Gasteiger partial charge in [-0.15, -0.1) is 0 Å². The Kier molecular flexibility index (Phi) is 5.23. The van der Waals surface area contributed by atoms with E-state index in [-0.39, 0.29) is 23.2 Å². The molecular weight excluding hydrogens is 279 g/mol. The highest BCUT2D eigenvalue weighted by atomic mass is 19.1. The highest BCUT2D eigenvalue weighted by Gasteiger charge is 2.22. The number of anilines is 1. The van der Waals surface area contributed by atoms with Crippen molar-refractivity contribution in [1.29, 1.82) is 0 Å². The molecule has 0 spiro atoms. The van der Waals surface area contributed by atoms with Gasteiger partial charge in [0, 0.05) is 12.1 Å². The summed E-state index contributed by atoms with van der Waals surface area (Å²) in [6.07, 6.45) is 0.365. The van der Waals surface area contributed by atoms with Gasteiger partial charge in [0.05, 0.1) is 23.1 Å². The fourth-order valence-corrected chi connectivity index (χ4v) is 2.08. The molecule has 1 atom stereocenters. The van der Waals surface area contributed by atoms with Crippen LogP contribution in [0.5, 0.6) is 0 Å². The van der Waals surface area contributed by atoms with Crippen LogP contribution in [-0.4, -0.2) is 22.0 Å². The van der Waals surface area contributed by atoms with E-state index in [1.54, 1.807) is 0 Å². The van der Waals surface area contributed by atoms with E-state index in [4.69, 9.17) is 5.11 Å². The number of nitrogens with zero attached hydrogens (tertiary/aromatic N) is 1. The third-order valence-electron chi connectivity index (χ3n) is 2.80. The predicted octanol–water partition coefficient (Wildman–Crippen LogP) is 3.43. The van der Waals surface area contributed by atoms with Crippen LogP contribution in [0.4, 0.5) is 15.8 Å². The number of hydrogen-bond donors (Lipinski definition) is 2. The van der Waals surface area contributed by atoms with Crippen LogP contribution in [-0.2, 0) is 4.79 Å². The Morgan fingerprint density at radius 2 is 2.10 bits per heavy atom. The summed E-state index contributed by atoms with van der Waals surface area (Å²) < 4.78 is 13.8. The molecule has 0 aliphatic rings. The third-order valence-corrected chi connectivity index (χ3v) is 2.80. The number of benzene rings is 1. The smallest absolute Gasteiger partial charge is 0.305 e. The third kappa shape index (κ3) is 5.76. The van der Waals surface area contributed by atoms with Crippen LogP contribution in [0, 0.1) is 21.3 Å². The van der Waals surface area contributed by atoms with E-state index in [0.717, 1.165) is 6.07 Å². The molecule has 1 aromatic carbocycles. The standard InChI is InChI=1S/C14H19FN2O4/c1-14(2,3)8-9(6-13(18)19)16-12-5-4-10(17(20)21)7-11(12)15/h4-5,7,9,16H,6,8H2,1-3H3,(H,18,19). The average molecular weight is 298 g/mol. The van der Waals surface area contributed by atoms with Gasteiger partial charge in [-0.05, 0) is 17.9 Å². The Bertz CT molecular complexity index is 540. The topological polar surface area (TPSA) is 92.5 Å². The molecule has 1 rings (SSSR count). The number of nitrogens with one attached hydrogen (secondary N) is 1. The molecule has 0 fully saturated rings. The van der Waals surface area contributed by atoms with E-state index < -0.39 is 22.8 Å². The highest BCUT2D eigenvalue weighted by molar-refractivity contribution is 5.68. The van der Waals surface area contributed by atoms with Crippen LogP contribution in [0.15, 0.2) is 18.2 Å². The zero-order chi connectivity index (χ0) is 16.2. The van der Waals surface area contributed by atoms with Gasteiger partial charge >= 0.3 is 5.97 Å². The summed E-state index contributed by atoms with van der Waals surface area (Å²) in [5.74, 6) is -1.76. The molecule has 21 heavy (non-hydrogen) atoms. The Morgan fingerprint density at radius 1 is 1.48 bits per heavy atom. The van der Waals surface area contributed by atoms with Crippen LogP contribution < -0.4 is 5.32 Å². The summed E-state index contributed by atoms with van der Waals surface area (Å²) in [6.45, 7) is 5.86. The first kappa shape index (κ1) is 16.9. The lowest BCUT2D eigenvalue weighted by atomic mass is 9.87. The number of aliphatic carboxylic acids is 1. The Morgan fingerprint density at radius 3 is 2.52 bits per heavy atom. The van der Waals surface area contributed by atoms with E-state index in [1.165, 1.54) is 12.1 Å². The number of rotatable bonds is 6. The van der Waals surface area contributed by atoms with Crippen LogP contribution in [0.3, 0.4) is 0 Å². The summed E-state index contributed by atoms with van der Waals surface area (Å²) >= 11 is 0. The van der Waals surface area contributed by atoms with E-state index in [1.807, 2.05) is 20.8 Å². The van der Waals surface area contributed by atoms with Crippen molar-refractivity contribution in [3.8, 4) is 0 Å². The molecule has 0 heterocycles. The summed E-state index contributed by atoms with van der Waals surface area (Å²) in [5, 5.41) is 22.3. The molecule has 0 saturated heterocycles. The van der Waals surface area contributed by atoms with E-state index in [2.05, 4.69) is 5.32 Å². The van der Waals surface area contributed by atoms with Crippen molar-refractivity contribution in [3.63, 3.8) is 0 Å². The van der Waals surface area contributed by atoms with Crippen molar-refractivity contribution in [2.45, 2.75) is 39.7 Å². The minimum Gasteiger partial charge on any atom is -0.481 e. The van der Waals surface area contributed by atoms with Gasteiger partial charge in [-0.3, -0.25) is 14.9 Å². The van der Waals surface area contributed by atoms with Crippen LogP contribution in [0.2, 0.25) is 0 Å². The van der Waals surface area contributed by atoms with Crippen molar-refractivity contribution in [3.05, 3.63) is 34.1 Å². The molecule has 116 valence electrons. The molecule has 0 amide bonds. The van der Waals surface area contributed by atoms with Crippen molar-refractivity contribution >= 4 is 17.3 Å². The largest absolute Gasteiger partial charge is 0.481 e. The van der Waals surface area contributed by atoms with Crippen molar-refractivity contribution in [2.75, 3.05) is 5.32 Å². The van der Waals surface area contributed by atoms with E-state index >= 15 is 0 Å². The zero-order valence-corrected chi connectivity index (χ0v) is 12.2. The Balaban J connectivity index is 2.92. The number of nitro benzene ring substituents is 1. The van der Waals surface area contributed by atoms with Gasteiger partial charge in [0.2, 0.25) is 0 Å². The lowest BCUT2D eigenvalue weighted by molar-refractivity contribution is -0.385. The molecule has 0 saturated carbocycles. The Hall–Kier alpha value is -2.18. The summed E-state index contributed by atoms with van der Waals surface area (Å²) in [6, 6.07) is 2.79. The van der Waals surface area contributed by atoms with E-state index in [0.29, 0.717) is 6.42 Å². The molecule has 0 radical (unpaired) electrons. The predicted molar refractivity (Wildman–Crippen MR) is 76.8 cm³/mol. The van der Waals surface area contributed by atoms with Gasteiger partial charge in [-0.1, -0.05) is 20.8 Å². The molecule has 1 aromatic rings. The van der Waals surface area contributed by atoms with Crippen molar-refractivity contribution in [1.82, 2.24) is 0 Å². The van der Waals surface area contributed by atoms with Crippen LogP contribution in [0.25, 0.3) is 0 Å². The number of nitro groups is 1. The Labute approximate surface area is 122 Å². The molecule has 1 unspecified atom stereocenters. The molecule has 0 aliphatic heterocycles. The fourth-order valence-electron chi connectivity index (χ4n) is 2.08. The second-order valence-electron chi connectivity index (χ2n) is 6.13. The lowest BCUT2D eigenvalue weighted by Crippen LogP contribution is -2.28. The number of carboxylic acid groups (broad SMARTS) is 1. The first-order valence-electron chi connectivity index (χ1n) is 6.51. The minimum atomic E-state index is -0.987. The second kappa shape index (κ2) is 6.51. The van der Waals surface area contributed by atoms with Crippen molar-refractivity contribution in [2.24, 2.45) is 5.41 Å². The van der Waals surface area contributed by atoms with E-state index in [9.17, 15) is 19.3 Å². The van der Waals surface area contributed by atoms with Gasteiger partial charge in [-0.2, -0.15) is 0 Å². The average Bonchev–Trinajstić information content (AvgIpc) is 2.28. The maximum absolute atomic E-state index is 13.8. The maximum Gasteiger partial charge on any atom is 0.305 e. The maximum atomic E-state index is 13.8. The molecule has 6 nitrogen and oxygen atoms in total. The number of carboxylic acids is 1.